The van der Waals surface area contributed by atoms with Gasteiger partial charge in [0, 0.05) is 6.42 Å². The third-order valence-corrected chi connectivity index (χ3v) is 2.76. The fraction of sp³-hybridized carbons (Fsp3) is 0.385. The Labute approximate surface area is 124 Å². The minimum atomic E-state index is -4.53. The Morgan fingerprint density at radius 3 is 2.52 bits per heavy atom. The van der Waals surface area contributed by atoms with E-state index in [0.717, 1.165) is 18.2 Å². The predicted molar refractivity (Wildman–Crippen MR) is 71.0 cm³/mol. The molecule has 0 aromatic heterocycles. The van der Waals surface area contributed by atoms with Gasteiger partial charge in [-0.15, -0.1) is 0 Å². The highest BCUT2D eigenvalue weighted by Crippen LogP contribution is 2.33. The third kappa shape index (κ3) is 5.63. The van der Waals surface area contributed by atoms with Gasteiger partial charge < -0.3 is 10.1 Å². The summed E-state index contributed by atoms with van der Waals surface area (Å²) in [5.74, 6) is -1.17. The largest absolute Gasteiger partial charge is 0.466 e. The van der Waals surface area contributed by atoms with E-state index in [9.17, 15) is 22.8 Å². The van der Waals surface area contributed by atoms with Crippen molar-refractivity contribution in [3.8, 4) is 0 Å². The number of amides is 1. The molecular formula is C13H13ClF3NO3. The summed E-state index contributed by atoms with van der Waals surface area (Å²) < 4.78 is 42.3. The molecule has 0 heterocycles. The van der Waals surface area contributed by atoms with E-state index in [1.165, 1.54) is 0 Å². The number of hydrogen-bond donors (Lipinski definition) is 1. The number of anilines is 1. The van der Waals surface area contributed by atoms with Crippen LogP contribution in [0.25, 0.3) is 0 Å². The van der Waals surface area contributed by atoms with Gasteiger partial charge in [0.1, 0.15) is 0 Å². The number of ether oxygens (including phenoxy) is 1. The topological polar surface area (TPSA) is 55.4 Å². The number of halogens is 4. The molecule has 0 fully saturated rings. The lowest BCUT2D eigenvalue weighted by molar-refractivity contribution is -0.144. The van der Waals surface area contributed by atoms with Crippen LogP contribution in [0.4, 0.5) is 18.9 Å². The smallest absolute Gasteiger partial charge is 0.416 e. The van der Waals surface area contributed by atoms with Crippen LogP contribution in [0.3, 0.4) is 0 Å². The van der Waals surface area contributed by atoms with Crippen LogP contribution >= 0.6 is 11.6 Å². The molecule has 1 aromatic rings. The Balaban J connectivity index is 2.69. The summed E-state index contributed by atoms with van der Waals surface area (Å²) >= 11 is 5.73. The zero-order chi connectivity index (χ0) is 16.0. The van der Waals surface area contributed by atoms with Crippen LogP contribution in [-0.4, -0.2) is 18.5 Å². The molecular weight excluding hydrogens is 311 g/mol. The Hall–Kier alpha value is -1.76. The van der Waals surface area contributed by atoms with Gasteiger partial charge in [0.15, 0.2) is 0 Å². The first-order chi connectivity index (χ1) is 9.74. The molecule has 1 N–H and O–H groups in total. The maximum absolute atomic E-state index is 12.6. The molecule has 1 aromatic carbocycles. The molecule has 8 heteroatoms. The van der Waals surface area contributed by atoms with E-state index in [1.807, 2.05) is 0 Å². The first-order valence-corrected chi connectivity index (χ1v) is 6.44. The highest BCUT2D eigenvalue weighted by atomic mass is 35.5. The van der Waals surface area contributed by atoms with Gasteiger partial charge in [-0.3, -0.25) is 9.59 Å². The van der Waals surface area contributed by atoms with Crippen molar-refractivity contribution in [3.05, 3.63) is 28.8 Å². The number of benzene rings is 1. The van der Waals surface area contributed by atoms with Crippen molar-refractivity contribution in [3.63, 3.8) is 0 Å². The lowest BCUT2D eigenvalue weighted by Gasteiger charge is -2.11. The van der Waals surface area contributed by atoms with E-state index in [-0.39, 0.29) is 30.2 Å². The molecule has 0 unspecified atom stereocenters. The number of esters is 1. The van der Waals surface area contributed by atoms with E-state index in [2.05, 4.69) is 10.1 Å². The molecule has 0 saturated carbocycles. The van der Waals surface area contributed by atoms with E-state index in [0.29, 0.717) is 0 Å². The number of nitrogens with one attached hydrogen (secondary N) is 1. The van der Waals surface area contributed by atoms with E-state index < -0.39 is 23.6 Å². The quantitative estimate of drug-likeness (QED) is 0.842. The van der Waals surface area contributed by atoms with Gasteiger partial charge in [-0.25, -0.2) is 0 Å². The van der Waals surface area contributed by atoms with Crippen LogP contribution in [0.2, 0.25) is 5.02 Å². The molecule has 0 aliphatic carbocycles. The molecule has 1 amide bonds. The van der Waals surface area contributed by atoms with Gasteiger partial charge in [0.05, 0.1) is 29.3 Å². The first-order valence-electron chi connectivity index (χ1n) is 6.06. The highest BCUT2D eigenvalue weighted by molar-refractivity contribution is 6.33. The Morgan fingerprint density at radius 2 is 1.95 bits per heavy atom. The maximum atomic E-state index is 12.6. The standard InChI is InChI=1S/C13H13ClF3NO3/c1-2-21-12(20)6-5-11(19)18-10-7-8(13(15,16)17)3-4-9(10)14/h3-4,7H,2,5-6H2,1H3,(H,18,19). The average Bonchev–Trinajstić information content (AvgIpc) is 2.38. The van der Waals surface area contributed by atoms with E-state index >= 15 is 0 Å². The van der Waals surface area contributed by atoms with Crippen molar-refractivity contribution in [2.24, 2.45) is 0 Å². The Bertz CT molecular complexity index is 532. The van der Waals surface area contributed by atoms with Crippen molar-refractivity contribution in [1.29, 1.82) is 0 Å². The summed E-state index contributed by atoms with van der Waals surface area (Å²) in [6, 6.07) is 2.60. The fourth-order valence-corrected chi connectivity index (χ4v) is 1.62. The Kier molecular flexibility index (Phi) is 6.02. The number of carbonyl (C=O) groups is 2. The fourth-order valence-electron chi connectivity index (χ4n) is 1.46. The molecule has 0 saturated heterocycles. The molecule has 21 heavy (non-hydrogen) atoms. The van der Waals surface area contributed by atoms with Crippen molar-refractivity contribution in [2.75, 3.05) is 11.9 Å². The second-order valence-corrected chi connectivity index (χ2v) is 4.45. The van der Waals surface area contributed by atoms with Crippen LogP contribution in [0.1, 0.15) is 25.3 Å². The normalized spacial score (nSPS) is 11.1. The second-order valence-electron chi connectivity index (χ2n) is 4.05. The van der Waals surface area contributed by atoms with Crippen LogP contribution in [0, 0.1) is 0 Å². The van der Waals surface area contributed by atoms with Crippen LogP contribution in [-0.2, 0) is 20.5 Å². The molecule has 4 nitrogen and oxygen atoms in total. The van der Waals surface area contributed by atoms with Crippen molar-refractivity contribution in [1.82, 2.24) is 0 Å². The van der Waals surface area contributed by atoms with Crippen molar-refractivity contribution in [2.45, 2.75) is 25.9 Å². The summed E-state index contributed by atoms with van der Waals surface area (Å²) in [7, 11) is 0. The number of alkyl halides is 3. The van der Waals surface area contributed by atoms with E-state index in [1.54, 1.807) is 6.92 Å². The minimum absolute atomic E-state index is 0.0208. The van der Waals surface area contributed by atoms with Gasteiger partial charge in [0.25, 0.3) is 0 Å². The van der Waals surface area contributed by atoms with Crippen LogP contribution in [0.15, 0.2) is 18.2 Å². The summed E-state index contributed by atoms with van der Waals surface area (Å²) in [6.45, 7) is 1.82. The predicted octanol–water partition coefficient (Wildman–Crippen LogP) is 3.64. The molecule has 0 spiro atoms. The zero-order valence-corrected chi connectivity index (χ0v) is 11.8. The Morgan fingerprint density at radius 1 is 1.29 bits per heavy atom. The third-order valence-electron chi connectivity index (χ3n) is 2.43. The average molecular weight is 324 g/mol. The van der Waals surface area contributed by atoms with Gasteiger partial charge in [-0.2, -0.15) is 13.2 Å². The van der Waals surface area contributed by atoms with Gasteiger partial charge in [-0.05, 0) is 25.1 Å². The van der Waals surface area contributed by atoms with Crippen LogP contribution < -0.4 is 5.32 Å². The SMILES string of the molecule is CCOC(=O)CCC(=O)Nc1cc(C(F)(F)F)ccc1Cl. The summed E-state index contributed by atoms with van der Waals surface area (Å²) in [4.78, 5) is 22.7. The molecule has 0 atom stereocenters. The second kappa shape index (κ2) is 7.31. The lowest BCUT2D eigenvalue weighted by Crippen LogP contribution is -2.15. The lowest BCUT2D eigenvalue weighted by atomic mass is 10.2. The van der Waals surface area contributed by atoms with Crippen molar-refractivity contribution >= 4 is 29.2 Å². The number of carbonyl (C=O) groups excluding carboxylic acids is 2. The molecule has 0 aliphatic heterocycles. The highest BCUT2D eigenvalue weighted by Gasteiger charge is 2.31. The first kappa shape index (κ1) is 17.3. The molecule has 0 bridgehead atoms. The summed E-state index contributed by atoms with van der Waals surface area (Å²) in [6.07, 6.45) is -4.89. The molecule has 0 aliphatic rings. The summed E-state index contributed by atoms with van der Waals surface area (Å²) in [5.41, 5.74) is -1.08. The molecule has 1 rings (SSSR count). The molecule has 0 radical (unpaired) electrons. The number of rotatable bonds is 5. The summed E-state index contributed by atoms with van der Waals surface area (Å²) in [5, 5.41) is 2.22. The molecule has 116 valence electrons. The zero-order valence-electron chi connectivity index (χ0n) is 11.1. The van der Waals surface area contributed by atoms with E-state index in [4.69, 9.17) is 11.6 Å². The monoisotopic (exact) mass is 323 g/mol. The van der Waals surface area contributed by atoms with Gasteiger partial charge in [-0.1, -0.05) is 11.6 Å². The minimum Gasteiger partial charge on any atom is -0.466 e. The van der Waals surface area contributed by atoms with Gasteiger partial charge in [0.2, 0.25) is 5.91 Å². The maximum Gasteiger partial charge on any atom is 0.416 e. The number of hydrogen-bond acceptors (Lipinski definition) is 3. The van der Waals surface area contributed by atoms with Crippen LogP contribution in [0.5, 0.6) is 0 Å². The van der Waals surface area contributed by atoms with Gasteiger partial charge >= 0.3 is 12.1 Å². The van der Waals surface area contributed by atoms with Crippen molar-refractivity contribution < 1.29 is 27.5 Å².